The maximum atomic E-state index is 12.3. The van der Waals surface area contributed by atoms with Gasteiger partial charge in [-0.2, -0.15) is 0 Å². The molecule has 0 aliphatic heterocycles. The lowest BCUT2D eigenvalue weighted by Crippen LogP contribution is -2.46. The van der Waals surface area contributed by atoms with Crippen LogP contribution in [0.25, 0.3) is 0 Å². The lowest BCUT2D eigenvalue weighted by atomic mass is 10.0. The van der Waals surface area contributed by atoms with Gasteiger partial charge in [-0.1, -0.05) is 20.3 Å². The van der Waals surface area contributed by atoms with Crippen LogP contribution in [0.3, 0.4) is 0 Å². The predicted molar refractivity (Wildman–Crippen MR) is 208 cm³/mol. The molecular weight excluding hydrogens is 738 g/mol. The van der Waals surface area contributed by atoms with E-state index in [0.717, 1.165) is 19.3 Å². The van der Waals surface area contributed by atoms with Crippen molar-refractivity contribution in [3.63, 3.8) is 0 Å². The molecule has 18 heteroatoms. The van der Waals surface area contributed by atoms with Crippen molar-refractivity contribution in [2.24, 2.45) is 5.92 Å². The molecule has 0 aliphatic carbocycles. The number of rotatable bonds is 45. The van der Waals surface area contributed by atoms with Gasteiger partial charge in [0.25, 0.3) is 0 Å². The third-order valence-electron chi connectivity index (χ3n) is 7.52. The molecule has 332 valence electrons. The number of hydrogen-bond acceptors (Lipinski definition) is 15. The second kappa shape index (κ2) is 44.0. The topological polar surface area (TPSA) is 198 Å². The molecule has 2 atom stereocenters. The van der Waals surface area contributed by atoms with Crippen molar-refractivity contribution in [1.82, 2.24) is 16.0 Å². The molecule has 0 aliphatic rings. The van der Waals surface area contributed by atoms with Gasteiger partial charge in [0.05, 0.1) is 145 Å². The van der Waals surface area contributed by atoms with Gasteiger partial charge >= 0.3 is 0 Å². The van der Waals surface area contributed by atoms with Gasteiger partial charge < -0.3 is 72.8 Å². The Morgan fingerprint density at radius 1 is 0.446 bits per heavy atom. The number of nitrogens with one attached hydrogen (secondary N) is 3. The molecular formula is C38H75N3O15. The highest BCUT2D eigenvalue weighted by atomic mass is 16.6. The molecule has 0 bridgehead atoms. The van der Waals surface area contributed by atoms with Gasteiger partial charge in [0.2, 0.25) is 17.7 Å². The molecule has 0 spiro atoms. The van der Waals surface area contributed by atoms with Crippen molar-refractivity contribution in [2.75, 3.05) is 172 Å². The zero-order valence-electron chi connectivity index (χ0n) is 34.8. The van der Waals surface area contributed by atoms with Gasteiger partial charge in [0.15, 0.2) is 0 Å². The molecule has 56 heavy (non-hydrogen) atoms. The monoisotopic (exact) mass is 814 g/mol. The average Bonchev–Trinajstić information content (AvgIpc) is 3.19. The SMILES string of the molecule is CCCNC(=O)C(C)NC(=O)C(C)CCCCNC(=O)COCCOCCOCCOCCOCCOCCOCCOCCOCCOCCOCCOC. The van der Waals surface area contributed by atoms with Crippen molar-refractivity contribution in [1.29, 1.82) is 0 Å². The van der Waals surface area contributed by atoms with Gasteiger partial charge in [-0.25, -0.2) is 0 Å². The third-order valence-corrected chi connectivity index (χ3v) is 7.52. The highest BCUT2D eigenvalue weighted by Gasteiger charge is 2.19. The Morgan fingerprint density at radius 3 is 1.16 bits per heavy atom. The summed E-state index contributed by atoms with van der Waals surface area (Å²) in [4.78, 5) is 36.2. The molecule has 0 rings (SSSR count). The Hall–Kier alpha value is -2.07. The van der Waals surface area contributed by atoms with E-state index in [2.05, 4.69) is 16.0 Å². The van der Waals surface area contributed by atoms with Crippen LogP contribution in [0.15, 0.2) is 0 Å². The highest BCUT2D eigenvalue weighted by Crippen LogP contribution is 2.08. The van der Waals surface area contributed by atoms with E-state index in [9.17, 15) is 14.4 Å². The van der Waals surface area contributed by atoms with Crippen LogP contribution in [0, 0.1) is 5.92 Å². The normalized spacial score (nSPS) is 12.4. The summed E-state index contributed by atoms with van der Waals surface area (Å²) in [7, 11) is 1.64. The van der Waals surface area contributed by atoms with Crippen LogP contribution < -0.4 is 16.0 Å². The van der Waals surface area contributed by atoms with Crippen LogP contribution in [-0.2, 0) is 71.2 Å². The van der Waals surface area contributed by atoms with E-state index in [1.807, 2.05) is 13.8 Å². The molecule has 0 heterocycles. The summed E-state index contributed by atoms with van der Waals surface area (Å²) in [5, 5.41) is 8.33. The van der Waals surface area contributed by atoms with Crippen LogP contribution >= 0.6 is 0 Å². The average molecular weight is 814 g/mol. The van der Waals surface area contributed by atoms with Crippen LogP contribution in [0.1, 0.15) is 46.5 Å². The van der Waals surface area contributed by atoms with Gasteiger partial charge in [-0.15, -0.1) is 0 Å². The molecule has 3 amide bonds. The standard InChI is InChI=1S/C38H75N3O15/c1-5-9-40-38(44)35(3)41-37(43)34(2)8-6-7-10-39-36(42)33-56-32-31-55-30-29-54-28-27-53-26-25-52-24-23-51-22-21-50-20-19-49-18-17-48-16-15-47-14-13-46-12-11-45-4/h34-35H,5-33H2,1-4H3,(H,39,42)(H,40,44)(H,41,43). The van der Waals surface area contributed by atoms with Gasteiger partial charge in [-0.3, -0.25) is 14.4 Å². The van der Waals surface area contributed by atoms with E-state index in [0.29, 0.717) is 165 Å². The van der Waals surface area contributed by atoms with Crippen LogP contribution in [0.4, 0.5) is 0 Å². The molecule has 3 N–H and O–H groups in total. The Bertz CT molecular complexity index is 878. The van der Waals surface area contributed by atoms with Crippen molar-refractivity contribution >= 4 is 17.7 Å². The Kier molecular flexibility index (Phi) is 42.4. The molecule has 0 aromatic rings. The fourth-order valence-corrected chi connectivity index (χ4v) is 4.31. The van der Waals surface area contributed by atoms with Crippen LogP contribution in [-0.4, -0.2) is 196 Å². The summed E-state index contributed by atoms with van der Waals surface area (Å²) in [5.41, 5.74) is 0. The Labute approximate surface area is 335 Å². The lowest BCUT2D eigenvalue weighted by Gasteiger charge is -2.17. The quantitative estimate of drug-likeness (QED) is 0.0729. The van der Waals surface area contributed by atoms with Crippen LogP contribution in [0.5, 0.6) is 0 Å². The van der Waals surface area contributed by atoms with Crippen molar-refractivity contribution in [3.05, 3.63) is 0 Å². The second-order valence-corrected chi connectivity index (χ2v) is 12.4. The molecule has 0 saturated heterocycles. The molecule has 0 radical (unpaired) electrons. The van der Waals surface area contributed by atoms with Crippen molar-refractivity contribution in [3.8, 4) is 0 Å². The zero-order chi connectivity index (χ0) is 41.0. The number of carbonyl (C=O) groups is 3. The first-order valence-corrected chi connectivity index (χ1v) is 20.1. The van der Waals surface area contributed by atoms with Gasteiger partial charge in [0.1, 0.15) is 12.6 Å². The summed E-state index contributed by atoms with van der Waals surface area (Å²) in [5.74, 6) is -0.739. The lowest BCUT2D eigenvalue weighted by molar-refractivity contribution is -0.130. The summed E-state index contributed by atoms with van der Waals surface area (Å²) >= 11 is 0. The summed E-state index contributed by atoms with van der Waals surface area (Å²) < 4.78 is 64.7. The minimum Gasteiger partial charge on any atom is -0.382 e. The zero-order valence-corrected chi connectivity index (χ0v) is 34.8. The van der Waals surface area contributed by atoms with Crippen molar-refractivity contribution in [2.45, 2.75) is 52.5 Å². The maximum Gasteiger partial charge on any atom is 0.245 e. The summed E-state index contributed by atoms with van der Waals surface area (Å²) in [6.07, 6.45) is 3.03. The highest BCUT2D eigenvalue weighted by molar-refractivity contribution is 5.88. The fraction of sp³-hybridized carbons (Fsp3) is 0.921. The fourth-order valence-electron chi connectivity index (χ4n) is 4.31. The molecule has 0 fully saturated rings. The van der Waals surface area contributed by atoms with E-state index in [1.54, 1.807) is 14.0 Å². The number of methoxy groups -OCH3 is 1. The molecule has 0 saturated carbocycles. The van der Waals surface area contributed by atoms with E-state index in [1.165, 1.54) is 0 Å². The minimum atomic E-state index is -0.564. The predicted octanol–water partition coefficient (Wildman–Crippen LogP) is 0.769. The van der Waals surface area contributed by atoms with E-state index in [4.69, 9.17) is 56.8 Å². The first-order chi connectivity index (χ1) is 27.4. The number of amides is 3. The van der Waals surface area contributed by atoms with Crippen LogP contribution in [0.2, 0.25) is 0 Å². The van der Waals surface area contributed by atoms with Gasteiger partial charge in [0, 0.05) is 26.1 Å². The first-order valence-electron chi connectivity index (χ1n) is 20.1. The van der Waals surface area contributed by atoms with E-state index in [-0.39, 0.29) is 30.2 Å². The largest absolute Gasteiger partial charge is 0.382 e. The first kappa shape index (κ1) is 53.9. The number of unbranched alkanes of at least 4 members (excludes halogenated alkanes) is 1. The third kappa shape index (κ3) is 40.1. The second-order valence-electron chi connectivity index (χ2n) is 12.4. The number of carbonyl (C=O) groups excluding carboxylic acids is 3. The molecule has 18 nitrogen and oxygen atoms in total. The number of ether oxygens (including phenoxy) is 12. The minimum absolute atomic E-state index is 0.0412. The van der Waals surface area contributed by atoms with E-state index >= 15 is 0 Å². The Balaban J connectivity index is 3.28. The summed E-state index contributed by atoms with van der Waals surface area (Å²) in [6, 6.07) is -0.564. The van der Waals surface area contributed by atoms with E-state index < -0.39 is 6.04 Å². The summed E-state index contributed by atoms with van der Waals surface area (Å²) in [6.45, 7) is 17.1. The smallest absolute Gasteiger partial charge is 0.245 e. The number of hydrogen-bond donors (Lipinski definition) is 3. The molecule has 0 aromatic heterocycles. The Morgan fingerprint density at radius 2 is 0.804 bits per heavy atom. The molecule has 2 unspecified atom stereocenters. The molecule has 0 aromatic carbocycles. The maximum absolute atomic E-state index is 12.3. The van der Waals surface area contributed by atoms with Gasteiger partial charge in [-0.05, 0) is 26.2 Å². The van der Waals surface area contributed by atoms with Crippen molar-refractivity contribution < 1.29 is 71.2 Å².